The summed E-state index contributed by atoms with van der Waals surface area (Å²) in [4.78, 5) is 11.3. The summed E-state index contributed by atoms with van der Waals surface area (Å²) in [6, 6.07) is 5.64. The lowest BCUT2D eigenvalue weighted by Crippen LogP contribution is -2.21. The first kappa shape index (κ1) is 13.9. The van der Waals surface area contributed by atoms with E-state index in [1.807, 2.05) is 43.5 Å². The SMILES string of the molecule is C#Cc1cccc2c1c(C=O)cn2C1OC1OC(C)(C)C. The van der Waals surface area contributed by atoms with Gasteiger partial charge in [-0.2, -0.15) is 0 Å². The standard InChI is InChI=1S/C17H17NO3/c1-5-11-7-6-8-13-14(11)12(10-19)9-18(13)15-16(20-15)21-17(2,3)4/h1,6-10,15-16H,2-4H3. The average molecular weight is 283 g/mol. The molecule has 1 aliphatic rings. The van der Waals surface area contributed by atoms with Gasteiger partial charge in [-0.05, 0) is 32.9 Å². The molecule has 1 aromatic carbocycles. The van der Waals surface area contributed by atoms with E-state index in [0.717, 1.165) is 17.2 Å². The van der Waals surface area contributed by atoms with Gasteiger partial charge in [0.25, 0.3) is 0 Å². The van der Waals surface area contributed by atoms with E-state index in [1.54, 1.807) is 6.20 Å². The van der Waals surface area contributed by atoms with Crippen LogP contribution in [0.15, 0.2) is 24.4 Å². The number of carbonyl (C=O) groups is 1. The summed E-state index contributed by atoms with van der Waals surface area (Å²) in [5.74, 6) is 2.62. The molecule has 3 rings (SSSR count). The Balaban J connectivity index is 2.02. The number of benzene rings is 1. The lowest BCUT2D eigenvalue weighted by molar-refractivity contribution is -0.0572. The predicted molar refractivity (Wildman–Crippen MR) is 80.0 cm³/mol. The van der Waals surface area contributed by atoms with Gasteiger partial charge in [-0.3, -0.25) is 4.79 Å². The third kappa shape index (κ3) is 2.46. The van der Waals surface area contributed by atoms with Gasteiger partial charge >= 0.3 is 0 Å². The van der Waals surface area contributed by atoms with E-state index in [0.29, 0.717) is 11.1 Å². The third-order valence-corrected chi connectivity index (χ3v) is 3.34. The van der Waals surface area contributed by atoms with Crippen LogP contribution in [-0.4, -0.2) is 22.7 Å². The van der Waals surface area contributed by atoms with Gasteiger partial charge in [0, 0.05) is 22.7 Å². The van der Waals surface area contributed by atoms with Crippen molar-refractivity contribution < 1.29 is 14.3 Å². The number of aromatic nitrogens is 1. The summed E-state index contributed by atoms with van der Waals surface area (Å²) in [6.45, 7) is 5.94. The molecule has 0 saturated carbocycles. The summed E-state index contributed by atoms with van der Waals surface area (Å²) >= 11 is 0. The highest BCUT2D eigenvalue weighted by Crippen LogP contribution is 2.40. The Labute approximate surface area is 123 Å². The molecule has 0 aliphatic carbocycles. The Bertz CT molecular complexity index is 746. The number of rotatable bonds is 3. The molecule has 0 amide bonds. The molecule has 1 aromatic heterocycles. The Hall–Kier alpha value is -2.09. The van der Waals surface area contributed by atoms with Crippen LogP contribution >= 0.6 is 0 Å². The van der Waals surface area contributed by atoms with Crippen LogP contribution in [-0.2, 0) is 9.47 Å². The molecule has 0 spiro atoms. The topological polar surface area (TPSA) is 43.8 Å². The van der Waals surface area contributed by atoms with Crippen LogP contribution in [0.2, 0.25) is 0 Å². The summed E-state index contributed by atoms with van der Waals surface area (Å²) in [7, 11) is 0. The minimum absolute atomic E-state index is 0.214. The maximum Gasteiger partial charge on any atom is 0.206 e. The number of carbonyl (C=O) groups excluding carboxylic acids is 1. The maximum absolute atomic E-state index is 11.3. The third-order valence-electron chi connectivity index (χ3n) is 3.34. The van der Waals surface area contributed by atoms with Crippen LogP contribution in [0.4, 0.5) is 0 Å². The van der Waals surface area contributed by atoms with Crippen molar-refractivity contribution in [3.63, 3.8) is 0 Å². The number of terminal acetylenes is 1. The van der Waals surface area contributed by atoms with Crippen molar-refractivity contribution >= 4 is 17.2 Å². The fourth-order valence-corrected chi connectivity index (χ4v) is 2.49. The van der Waals surface area contributed by atoms with Crippen molar-refractivity contribution in [2.45, 2.75) is 38.9 Å². The van der Waals surface area contributed by atoms with Gasteiger partial charge in [0.15, 0.2) is 12.5 Å². The van der Waals surface area contributed by atoms with E-state index >= 15 is 0 Å². The molecule has 1 fully saturated rings. The van der Waals surface area contributed by atoms with Crippen molar-refractivity contribution in [2.75, 3.05) is 0 Å². The van der Waals surface area contributed by atoms with Crippen LogP contribution in [0.5, 0.6) is 0 Å². The minimum atomic E-state index is -0.297. The fourth-order valence-electron chi connectivity index (χ4n) is 2.49. The molecular weight excluding hydrogens is 266 g/mol. The van der Waals surface area contributed by atoms with Crippen molar-refractivity contribution in [3.8, 4) is 12.3 Å². The van der Waals surface area contributed by atoms with Crippen LogP contribution in [0, 0.1) is 12.3 Å². The smallest absolute Gasteiger partial charge is 0.206 e. The van der Waals surface area contributed by atoms with Crippen molar-refractivity contribution in [3.05, 3.63) is 35.5 Å². The van der Waals surface area contributed by atoms with Gasteiger partial charge in [0.2, 0.25) is 6.29 Å². The van der Waals surface area contributed by atoms with Gasteiger partial charge in [0.1, 0.15) is 0 Å². The lowest BCUT2D eigenvalue weighted by atomic mass is 10.1. The fraction of sp³-hybridized carbons (Fsp3) is 0.353. The normalized spacial score (nSPS) is 21.2. The highest BCUT2D eigenvalue weighted by molar-refractivity contribution is 6.01. The van der Waals surface area contributed by atoms with Crippen LogP contribution in [0.3, 0.4) is 0 Å². The first-order valence-electron chi connectivity index (χ1n) is 6.83. The Morgan fingerprint density at radius 2 is 2.19 bits per heavy atom. The Kier molecular flexibility index (Phi) is 3.12. The highest BCUT2D eigenvalue weighted by atomic mass is 16.8. The molecule has 0 radical (unpaired) electrons. The van der Waals surface area contributed by atoms with E-state index in [2.05, 4.69) is 5.92 Å². The molecule has 4 nitrogen and oxygen atoms in total. The first-order valence-corrected chi connectivity index (χ1v) is 6.83. The lowest BCUT2D eigenvalue weighted by Gasteiger charge is -2.17. The first-order chi connectivity index (χ1) is 9.94. The molecule has 2 atom stereocenters. The molecule has 0 bridgehead atoms. The molecular formula is C17H17NO3. The number of nitrogens with zero attached hydrogens (tertiary/aromatic N) is 1. The number of hydrogen-bond donors (Lipinski definition) is 0. The number of fused-ring (bicyclic) bond motifs is 1. The van der Waals surface area contributed by atoms with Gasteiger partial charge in [-0.15, -0.1) is 6.42 Å². The number of epoxide rings is 1. The highest BCUT2D eigenvalue weighted by Gasteiger charge is 2.45. The van der Waals surface area contributed by atoms with E-state index in [9.17, 15) is 4.79 Å². The zero-order chi connectivity index (χ0) is 15.2. The largest absolute Gasteiger partial charge is 0.343 e. The van der Waals surface area contributed by atoms with Gasteiger partial charge < -0.3 is 14.0 Å². The molecule has 1 aliphatic heterocycles. The summed E-state index contributed by atoms with van der Waals surface area (Å²) in [5, 5.41) is 0.792. The van der Waals surface area contributed by atoms with Crippen LogP contribution < -0.4 is 0 Å². The maximum atomic E-state index is 11.3. The summed E-state index contributed by atoms with van der Waals surface area (Å²) < 4.78 is 13.3. The zero-order valence-electron chi connectivity index (χ0n) is 12.3. The van der Waals surface area contributed by atoms with Gasteiger partial charge in [-0.1, -0.05) is 12.0 Å². The van der Waals surface area contributed by atoms with Crippen molar-refractivity contribution in [2.24, 2.45) is 0 Å². The van der Waals surface area contributed by atoms with Gasteiger partial charge in [-0.25, -0.2) is 0 Å². The monoisotopic (exact) mass is 283 g/mol. The van der Waals surface area contributed by atoms with Crippen LogP contribution in [0.25, 0.3) is 10.9 Å². The Morgan fingerprint density at radius 1 is 1.43 bits per heavy atom. The second-order valence-electron chi connectivity index (χ2n) is 6.08. The number of aldehydes is 1. The number of ether oxygens (including phenoxy) is 2. The van der Waals surface area contributed by atoms with E-state index in [1.165, 1.54) is 0 Å². The van der Waals surface area contributed by atoms with E-state index in [-0.39, 0.29) is 18.1 Å². The molecule has 1 saturated heterocycles. The molecule has 108 valence electrons. The molecule has 2 unspecified atom stereocenters. The Morgan fingerprint density at radius 3 is 2.81 bits per heavy atom. The predicted octanol–water partition coefficient (Wildman–Crippen LogP) is 3.11. The second-order valence-corrected chi connectivity index (χ2v) is 6.08. The molecule has 21 heavy (non-hydrogen) atoms. The second kappa shape index (κ2) is 4.73. The molecule has 4 heteroatoms. The molecule has 2 heterocycles. The van der Waals surface area contributed by atoms with Gasteiger partial charge in [0.05, 0.1) is 11.1 Å². The minimum Gasteiger partial charge on any atom is -0.343 e. The molecule has 2 aromatic rings. The number of hydrogen-bond acceptors (Lipinski definition) is 3. The zero-order valence-corrected chi connectivity index (χ0v) is 12.3. The molecule has 0 N–H and O–H groups in total. The quantitative estimate of drug-likeness (QED) is 0.494. The van der Waals surface area contributed by atoms with Crippen molar-refractivity contribution in [1.82, 2.24) is 4.57 Å². The average Bonchev–Trinajstić information content (AvgIpc) is 3.05. The van der Waals surface area contributed by atoms with E-state index < -0.39 is 0 Å². The van der Waals surface area contributed by atoms with Crippen LogP contribution in [0.1, 0.15) is 42.9 Å². The van der Waals surface area contributed by atoms with E-state index in [4.69, 9.17) is 15.9 Å². The van der Waals surface area contributed by atoms with Crippen molar-refractivity contribution in [1.29, 1.82) is 0 Å². The summed E-state index contributed by atoms with van der Waals surface area (Å²) in [6.07, 6.45) is 7.60. The summed E-state index contributed by atoms with van der Waals surface area (Å²) in [5.41, 5.74) is 1.89.